The van der Waals surface area contributed by atoms with E-state index in [1.807, 2.05) is 6.92 Å². The smallest absolute Gasteiger partial charge is 0.256 e. The molecule has 0 aromatic carbocycles. The summed E-state index contributed by atoms with van der Waals surface area (Å²) in [5, 5.41) is 0. The summed E-state index contributed by atoms with van der Waals surface area (Å²) in [5.41, 5.74) is 8.35. The van der Waals surface area contributed by atoms with Crippen molar-refractivity contribution in [2.45, 2.75) is 53.0 Å². The largest absolute Gasteiger partial charge is 0.397 e. The zero-order valence-electron chi connectivity index (χ0n) is 13.4. The Morgan fingerprint density at radius 1 is 1.38 bits per heavy atom. The number of nitrogens with two attached hydrogens (primary N) is 1. The van der Waals surface area contributed by atoms with Crippen molar-refractivity contribution in [2.24, 2.45) is 10.8 Å². The van der Waals surface area contributed by atoms with Crippen molar-refractivity contribution < 1.29 is 4.79 Å². The van der Waals surface area contributed by atoms with Crippen molar-refractivity contribution in [3.63, 3.8) is 0 Å². The number of rotatable bonds is 1. The van der Waals surface area contributed by atoms with Crippen molar-refractivity contribution in [2.75, 3.05) is 12.3 Å². The molecule has 4 heteroatoms. The quantitative estimate of drug-likeness (QED) is 0.863. The summed E-state index contributed by atoms with van der Waals surface area (Å²) in [7, 11) is 0. The monoisotopic (exact) mass is 287 g/mol. The molecule has 0 spiro atoms. The number of hydrogen-bond donors (Lipinski definition) is 1. The molecule has 1 aromatic heterocycles. The van der Waals surface area contributed by atoms with Gasteiger partial charge in [0, 0.05) is 12.6 Å². The van der Waals surface area contributed by atoms with Gasteiger partial charge in [-0.15, -0.1) is 0 Å². The molecule has 1 aromatic rings. The van der Waals surface area contributed by atoms with Crippen LogP contribution in [0.2, 0.25) is 0 Å². The number of anilines is 1. The lowest BCUT2D eigenvalue weighted by molar-refractivity contribution is 0.0707. The second-order valence-corrected chi connectivity index (χ2v) is 8.05. The number of hydrogen-bond acceptors (Lipinski definition) is 3. The summed E-state index contributed by atoms with van der Waals surface area (Å²) in [6, 6.07) is 2.12. The average Bonchev–Trinajstić information content (AvgIpc) is 2.61. The minimum atomic E-state index is 0.0960. The molecule has 1 aliphatic heterocycles. The topological polar surface area (TPSA) is 59.2 Å². The van der Waals surface area contributed by atoms with Gasteiger partial charge in [-0.2, -0.15) is 0 Å². The third-order valence-electron chi connectivity index (χ3n) is 5.01. The molecule has 1 aliphatic carbocycles. The Kier molecular flexibility index (Phi) is 3.05. The van der Waals surface area contributed by atoms with Gasteiger partial charge in [0.25, 0.3) is 5.91 Å². The maximum absolute atomic E-state index is 12.9. The van der Waals surface area contributed by atoms with Crippen LogP contribution in [0.25, 0.3) is 0 Å². The number of carbonyl (C=O) groups excluding carboxylic acids is 1. The van der Waals surface area contributed by atoms with E-state index in [-0.39, 0.29) is 11.3 Å². The first kappa shape index (κ1) is 14.4. The predicted molar refractivity (Wildman–Crippen MR) is 83.9 cm³/mol. The van der Waals surface area contributed by atoms with E-state index in [0.29, 0.717) is 22.7 Å². The minimum absolute atomic E-state index is 0.0960. The number of carbonyl (C=O) groups is 1. The SMILES string of the molecule is Cc1ncc(N)cc1C(=O)N1CC2(C)CC1CC(C)(C)C2. The highest BCUT2D eigenvalue weighted by molar-refractivity contribution is 5.96. The molecule has 114 valence electrons. The van der Waals surface area contributed by atoms with Gasteiger partial charge in [-0.3, -0.25) is 9.78 Å². The van der Waals surface area contributed by atoms with Crippen LogP contribution in [0.4, 0.5) is 5.69 Å². The average molecular weight is 287 g/mol. The van der Waals surface area contributed by atoms with E-state index in [1.54, 1.807) is 12.3 Å². The van der Waals surface area contributed by atoms with Gasteiger partial charge >= 0.3 is 0 Å². The number of fused-ring (bicyclic) bond motifs is 2. The Morgan fingerprint density at radius 3 is 2.81 bits per heavy atom. The predicted octanol–water partition coefficient (Wildman–Crippen LogP) is 3.01. The summed E-state index contributed by atoms with van der Waals surface area (Å²) in [6.45, 7) is 9.69. The molecule has 2 aliphatic rings. The van der Waals surface area contributed by atoms with Gasteiger partial charge in [0.15, 0.2) is 0 Å². The van der Waals surface area contributed by atoms with Crippen LogP contribution in [0.15, 0.2) is 12.3 Å². The lowest BCUT2D eigenvalue weighted by atomic mass is 9.65. The Labute approximate surface area is 126 Å². The summed E-state index contributed by atoms with van der Waals surface area (Å²) in [5.74, 6) is 0.0960. The highest BCUT2D eigenvalue weighted by atomic mass is 16.2. The number of nitrogen functional groups attached to an aromatic ring is 1. The fourth-order valence-corrected chi connectivity index (χ4v) is 4.62. The van der Waals surface area contributed by atoms with E-state index in [1.165, 1.54) is 6.42 Å². The second-order valence-electron chi connectivity index (χ2n) is 8.05. The molecule has 1 amide bonds. The standard InChI is InChI=1S/C17H25N3O/c1-11-14(5-12(18)8-19-11)15(21)20-10-17(4)7-13(20)6-16(2,3)9-17/h5,8,13H,6-7,9-10,18H2,1-4H3. The van der Waals surface area contributed by atoms with Crippen LogP contribution < -0.4 is 5.73 Å². The zero-order valence-corrected chi connectivity index (χ0v) is 13.4. The highest BCUT2D eigenvalue weighted by Crippen LogP contribution is 2.52. The summed E-state index contributed by atoms with van der Waals surface area (Å²) in [4.78, 5) is 19.2. The van der Waals surface area contributed by atoms with Crippen molar-refractivity contribution in [3.8, 4) is 0 Å². The minimum Gasteiger partial charge on any atom is -0.397 e. The number of nitrogens with zero attached hydrogens (tertiary/aromatic N) is 2. The molecule has 2 heterocycles. The molecule has 2 bridgehead atoms. The fraction of sp³-hybridized carbons (Fsp3) is 0.647. The number of aromatic nitrogens is 1. The first-order valence-electron chi connectivity index (χ1n) is 7.72. The Bertz CT molecular complexity index is 596. The van der Waals surface area contributed by atoms with Crippen LogP contribution in [0.3, 0.4) is 0 Å². The third kappa shape index (κ3) is 2.52. The third-order valence-corrected chi connectivity index (χ3v) is 5.01. The molecule has 21 heavy (non-hydrogen) atoms. The van der Waals surface area contributed by atoms with Gasteiger partial charge in [0.05, 0.1) is 23.1 Å². The van der Waals surface area contributed by atoms with Crippen LogP contribution >= 0.6 is 0 Å². The molecule has 4 nitrogen and oxygen atoms in total. The number of amides is 1. The van der Waals surface area contributed by atoms with Crippen LogP contribution in [-0.2, 0) is 0 Å². The van der Waals surface area contributed by atoms with E-state index in [4.69, 9.17) is 5.73 Å². The maximum atomic E-state index is 12.9. The van der Waals surface area contributed by atoms with Crippen molar-refractivity contribution >= 4 is 11.6 Å². The van der Waals surface area contributed by atoms with Gasteiger partial charge in [0.1, 0.15) is 0 Å². The lowest BCUT2D eigenvalue weighted by Crippen LogP contribution is -2.38. The Balaban J connectivity index is 1.91. The molecule has 1 saturated carbocycles. The molecular weight excluding hydrogens is 262 g/mol. The molecule has 1 saturated heterocycles. The first-order valence-corrected chi connectivity index (χ1v) is 7.72. The van der Waals surface area contributed by atoms with E-state index >= 15 is 0 Å². The van der Waals surface area contributed by atoms with Crippen LogP contribution in [0, 0.1) is 17.8 Å². The van der Waals surface area contributed by atoms with Gasteiger partial charge in [-0.25, -0.2) is 0 Å². The van der Waals surface area contributed by atoms with E-state index in [9.17, 15) is 4.79 Å². The summed E-state index contributed by atoms with van der Waals surface area (Å²) in [6.07, 6.45) is 5.01. The van der Waals surface area contributed by atoms with Gasteiger partial charge in [-0.05, 0) is 43.1 Å². The van der Waals surface area contributed by atoms with Crippen molar-refractivity contribution in [3.05, 3.63) is 23.5 Å². The van der Waals surface area contributed by atoms with E-state index in [2.05, 4.69) is 30.7 Å². The second kappa shape index (κ2) is 4.46. The van der Waals surface area contributed by atoms with Crippen LogP contribution in [0.5, 0.6) is 0 Å². The fourth-order valence-electron chi connectivity index (χ4n) is 4.62. The van der Waals surface area contributed by atoms with Crippen LogP contribution in [0.1, 0.15) is 56.1 Å². The molecule has 3 rings (SSSR count). The Hall–Kier alpha value is -1.58. The van der Waals surface area contributed by atoms with Crippen molar-refractivity contribution in [1.29, 1.82) is 0 Å². The van der Waals surface area contributed by atoms with Crippen molar-refractivity contribution in [1.82, 2.24) is 9.88 Å². The Morgan fingerprint density at radius 2 is 2.10 bits per heavy atom. The summed E-state index contributed by atoms with van der Waals surface area (Å²) >= 11 is 0. The first-order chi connectivity index (χ1) is 9.69. The molecule has 2 unspecified atom stereocenters. The normalized spacial score (nSPS) is 30.5. The maximum Gasteiger partial charge on any atom is 0.256 e. The molecule has 0 radical (unpaired) electrons. The molecular formula is C17H25N3O. The van der Waals surface area contributed by atoms with Gasteiger partial charge in [-0.1, -0.05) is 20.8 Å². The molecule has 2 atom stereocenters. The number of aryl methyl sites for hydroxylation is 1. The number of likely N-dealkylation sites (tertiary alicyclic amines) is 1. The van der Waals surface area contributed by atoms with Gasteiger partial charge < -0.3 is 10.6 Å². The molecule has 2 fully saturated rings. The van der Waals surface area contributed by atoms with Crippen LogP contribution in [-0.4, -0.2) is 28.4 Å². The van der Waals surface area contributed by atoms with E-state index < -0.39 is 0 Å². The van der Waals surface area contributed by atoms with E-state index in [0.717, 1.165) is 25.1 Å². The highest BCUT2D eigenvalue weighted by Gasteiger charge is 2.51. The van der Waals surface area contributed by atoms with Gasteiger partial charge in [0.2, 0.25) is 0 Å². The number of pyridine rings is 1. The lowest BCUT2D eigenvalue weighted by Gasteiger charge is -2.39. The zero-order chi connectivity index (χ0) is 15.4. The summed E-state index contributed by atoms with van der Waals surface area (Å²) < 4.78 is 0. The molecule has 2 N–H and O–H groups in total.